The smallest absolute Gasteiger partial charge is 0.0662 e. The first kappa shape index (κ1) is 11.1. The lowest BCUT2D eigenvalue weighted by molar-refractivity contribution is 0.161. The topological polar surface area (TPSA) is 56.0 Å². The molecule has 1 aliphatic carbocycles. The van der Waals surface area contributed by atoms with Crippen LogP contribution in [0.5, 0.6) is 0 Å². The Hall–Kier alpha value is -1.37. The van der Waals surface area contributed by atoms with E-state index in [0.29, 0.717) is 12.5 Å². The predicted octanol–water partition coefficient (Wildman–Crippen LogP) is 2.57. The van der Waals surface area contributed by atoms with E-state index in [1.54, 1.807) is 0 Å². The van der Waals surface area contributed by atoms with Crippen LogP contribution in [0.25, 0.3) is 0 Å². The molecule has 0 spiro atoms. The number of hydrogen-bond donors (Lipinski definition) is 2. The Kier molecular flexibility index (Phi) is 3.55. The van der Waals surface area contributed by atoms with Crippen molar-refractivity contribution in [1.82, 2.24) is 5.48 Å². The average Bonchev–Trinajstić information content (AvgIpc) is 2.78. The molecule has 2 atom stereocenters. The molecule has 0 radical (unpaired) electrons. The molecule has 0 bridgehead atoms. The first-order valence-electron chi connectivity index (χ1n) is 5.70. The lowest BCUT2D eigenvalue weighted by Crippen LogP contribution is -2.07. The van der Waals surface area contributed by atoms with Gasteiger partial charge in [-0.05, 0) is 29.9 Å². The molecule has 2 unspecified atom stereocenters. The molecule has 16 heavy (non-hydrogen) atoms. The molecule has 3 heteroatoms. The molecule has 1 aliphatic rings. The van der Waals surface area contributed by atoms with E-state index in [2.05, 4.69) is 23.7 Å². The van der Waals surface area contributed by atoms with E-state index in [1.807, 2.05) is 12.1 Å². The number of rotatable bonds is 3. The van der Waals surface area contributed by atoms with Gasteiger partial charge in [-0.25, -0.2) is 5.48 Å². The summed E-state index contributed by atoms with van der Waals surface area (Å²) in [5.41, 5.74) is 4.45. The van der Waals surface area contributed by atoms with Crippen molar-refractivity contribution >= 4 is 0 Å². The summed E-state index contributed by atoms with van der Waals surface area (Å²) in [7, 11) is 0. The summed E-state index contributed by atoms with van der Waals surface area (Å²) in [6.07, 6.45) is 3.31. The lowest BCUT2D eigenvalue weighted by atomic mass is 9.89. The first-order valence-corrected chi connectivity index (χ1v) is 5.70. The number of nitrogens with one attached hydrogen (secondary N) is 1. The molecule has 84 valence electrons. The van der Waals surface area contributed by atoms with Gasteiger partial charge in [0.25, 0.3) is 0 Å². The summed E-state index contributed by atoms with van der Waals surface area (Å²) in [6.45, 7) is 0.465. The molecule has 0 aliphatic heterocycles. The second-order valence-electron chi connectivity index (χ2n) is 4.35. The Labute approximate surface area is 95.7 Å². The van der Waals surface area contributed by atoms with E-state index in [9.17, 15) is 0 Å². The monoisotopic (exact) mass is 216 g/mol. The van der Waals surface area contributed by atoms with Crippen molar-refractivity contribution in [2.24, 2.45) is 5.92 Å². The van der Waals surface area contributed by atoms with Crippen molar-refractivity contribution in [2.75, 3.05) is 0 Å². The van der Waals surface area contributed by atoms with Gasteiger partial charge in [0.05, 0.1) is 12.0 Å². The van der Waals surface area contributed by atoms with E-state index >= 15 is 0 Å². The highest BCUT2D eigenvalue weighted by atomic mass is 16.5. The van der Waals surface area contributed by atoms with Crippen LogP contribution in [0.4, 0.5) is 0 Å². The second-order valence-corrected chi connectivity index (χ2v) is 4.35. The van der Waals surface area contributed by atoms with Crippen molar-refractivity contribution in [2.45, 2.75) is 31.7 Å². The van der Waals surface area contributed by atoms with Gasteiger partial charge in [0.2, 0.25) is 0 Å². The molecule has 1 fully saturated rings. The summed E-state index contributed by atoms with van der Waals surface area (Å²) in [5.74, 6) is 0.586. The van der Waals surface area contributed by atoms with Crippen molar-refractivity contribution in [3.8, 4) is 6.07 Å². The van der Waals surface area contributed by atoms with Crippen molar-refractivity contribution < 1.29 is 5.21 Å². The minimum atomic E-state index is 0.182. The molecular weight excluding hydrogens is 200 g/mol. The van der Waals surface area contributed by atoms with E-state index in [1.165, 1.54) is 5.56 Å². The third-order valence-electron chi connectivity index (χ3n) is 3.37. The Bertz CT molecular complexity index is 380. The molecule has 3 nitrogen and oxygen atoms in total. The van der Waals surface area contributed by atoms with Crippen molar-refractivity contribution in [3.63, 3.8) is 0 Å². The zero-order chi connectivity index (χ0) is 11.4. The maximum atomic E-state index is 9.04. The fourth-order valence-corrected chi connectivity index (χ4v) is 2.49. The minimum Gasteiger partial charge on any atom is -0.316 e. The van der Waals surface area contributed by atoms with E-state index in [-0.39, 0.29) is 5.92 Å². The minimum absolute atomic E-state index is 0.182. The third-order valence-corrected chi connectivity index (χ3v) is 3.37. The second kappa shape index (κ2) is 5.11. The number of benzene rings is 1. The number of hydroxylamine groups is 1. The van der Waals surface area contributed by atoms with Crippen molar-refractivity contribution in [3.05, 3.63) is 35.4 Å². The maximum Gasteiger partial charge on any atom is 0.0662 e. The third kappa shape index (κ3) is 2.24. The van der Waals surface area contributed by atoms with Gasteiger partial charge in [-0.3, -0.25) is 0 Å². The molecule has 1 aromatic rings. The molecule has 0 amide bonds. The van der Waals surface area contributed by atoms with Gasteiger partial charge in [-0.15, -0.1) is 0 Å². The van der Waals surface area contributed by atoms with Crippen LogP contribution in [0.15, 0.2) is 24.3 Å². The van der Waals surface area contributed by atoms with Crippen LogP contribution in [-0.2, 0) is 6.54 Å². The van der Waals surface area contributed by atoms with Gasteiger partial charge >= 0.3 is 0 Å². The van der Waals surface area contributed by atoms with E-state index in [4.69, 9.17) is 10.5 Å². The lowest BCUT2D eigenvalue weighted by Gasteiger charge is -2.14. The van der Waals surface area contributed by atoms with Gasteiger partial charge < -0.3 is 5.21 Å². The van der Waals surface area contributed by atoms with Crippen LogP contribution in [0.1, 0.15) is 36.3 Å². The van der Waals surface area contributed by atoms with E-state index < -0.39 is 0 Å². The predicted molar refractivity (Wildman–Crippen MR) is 60.8 cm³/mol. The van der Waals surface area contributed by atoms with Gasteiger partial charge in [0, 0.05) is 6.54 Å². The van der Waals surface area contributed by atoms with Crippen LogP contribution >= 0.6 is 0 Å². The highest BCUT2D eigenvalue weighted by Gasteiger charge is 2.28. The summed E-state index contributed by atoms with van der Waals surface area (Å²) in [5, 5.41) is 17.6. The standard InChI is InChI=1S/C13H16N2O/c14-8-12-2-1-3-13(12)11-6-4-10(5-7-11)9-15-16/h4-7,12-13,15-16H,1-3,9H2. The molecular formula is C13H16N2O. The molecule has 2 rings (SSSR count). The average molecular weight is 216 g/mol. The fraction of sp³-hybridized carbons (Fsp3) is 0.462. The Morgan fingerprint density at radius 1 is 1.31 bits per heavy atom. The summed E-state index contributed by atoms with van der Waals surface area (Å²) in [4.78, 5) is 0. The molecule has 1 saturated carbocycles. The molecule has 0 heterocycles. The van der Waals surface area contributed by atoms with Crippen LogP contribution in [0.3, 0.4) is 0 Å². The number of nitriles is 1. The largest absolute Gasteiger partial charge is 0.316 e. The quantitative estimate of drug-likeness (QED) is 0.763. The van der Waals surface area contributed by atoms with Gasteiger partial charge in [0.1, 0.15) is 0 Å². The summed E-state index contributed by atoms with van der Waals surface area (Å²) in [6, 6.07) is 10.6. The molecule has 2 N–H and O–H groups in total. The highest BCUT2D eigenvalue weighted by Crippen LogP contribution is 2.39. The van der Waals surface area contributed by atoms with Gasteiger partial charge in [0.15, 0.2) is 0 Å². The van der Waals surface area contributed by atoms with Crippen LogP contribution in [-0.4, -0.2) is 5.21 Å². The molecule has 0 aromatic heterocycles. The van der Waals surface area contributed by atoms with Crippen LogP contribution < -0.4 is 5.48 Å². The SMILES string of the molecule is N#CC1CCCC1c1ccc(CNO)cc1. The molecule has 0 saturated heterocycles. The molecule has 1 aromatic carbocycles. The summed E-state index contributed by atoms with van der Waals surface area (Å²) < 4.78 is 0. The van der Waals surface area contributed by atoms with Crippen LogP contribution in [0, 0.1) is 17.2 Å². The Morgan fingerprint density at radius 3 is 2.69 bits per heavy atom. The number of hydrogen-bond acceptors (Lipinski definition) is 3. The van der Waals surface area contributed by atoms with Gasteiger partial charge in [-0.1, -0.05) is 30.7 Å². The number of nitrogens with zero attached hydrogens (tertiary/aromatic N) is 1. The van der Waals surface area contributed by atoms with Crippen LogP contribution in [0.2, 0.25) is 0 Å². The Balaban J connectivity index is 2.12. The summed E-state index contributed by atoms with van der Waals surface area (Å²) >= 11 is 0. The van der Waals surface area contributed by atoms with Gasteiger partial charge in [-0.2, -0.15) is 5.26 Å². The zero-order valence-electron chi connectivity index (χ0n) is 9.19. The highest BCUT2D eigenvalue weighted by molar-refractivity contribution is 5.27. The maximum absolute atomic E-state index is 9.04. The fourth-order valence-electron chi connectivity index (χ4n) is 2.49. The van der Waals surface area contributed by atoms with Crippen molar-refractivity contribution in [1.29, 1.82) is 5.26 Å². The normalized spacial score (nSPS) is 24.2. The Morgan fingerprint density at radius 2 is 2.06 bits per heavy atom. The first-order chi connectivity index (χ1) is 7.85. The zero-order valence-corrected chi connectivity index (χ0v) is 9.19. The van der Waals surface area contributed by atoms with E-state index in [0.717, 1.165) is 24.8 Å².